The largest absolute Gasteiger partial charge is 0.378 e. The van der Waals surface area contributed by atoms with Gasteiger partial charge in [-0.05, 0) is 41.8 Å². The van der Waals surface area contributed by atoms with Crippen molar-refractivity contribution in [1.29, 1.82) is 5.26 Å². The summed E-state index contributed by atoms with van der Waals surface area (Å²) < 4.78 is 7.47. The molecule has 0 saturated carbocycles. The van der Waals surface area contributed by atoms with Crippen molar-refractivity contribution in [2.45, 2.75) is 0 Å². The lowest BCUT2D eigenvalue weighted by atomic mass is 10.2. The molecule has 1 aliphatic heterocycles. The van der Waals surface area contributed by atoms with Gasteiger partial charge in [0, 0.05) is 23.0 Å². The van der Waals surface area contributed by atoms with E-state index in [1.54, 1.807) is 35.2 Å². The Balaban J connectivity index is 1.98. The molecule has 30 heavy (non-hydrogen) atoms. The van der Waals surface area contributed by atoms with Gasteiger partial charge in [-0.2, -0.15) is 5.26 Å². The molecule has 152 valence electrons. The highest BCUT2D eigenvalue weighted by molar-refractivity contribution is 7.11. The Kier molecular flexibility index (Phi) is 6.16. The van der Waals surface area contributed by atoms with Gasteiger partial charge in [-0.1, -0.05) is 17.7 Å². The average Bonchev–Trinajstić information content (AvgIpc) is 3.39. The Morgan fingerprint density at radius 3 is 2.57 bits per heavy atom. The molecule has 3 heterocycles. The lowest BCUT2D eigenvalue weighted by Gasteiger charge is -2.26. The van der Waals surface area contributed by atoms with Crippen molar-refractivity contribution in [2.75, 3.05) is 26.3 Å². The highest BCUT2D eigenvalue weighted by atomic mass is 35.5. The van der Waals surface area contributed by atoms with Crippen LogP contribution in [0.4, 0.5) is 0 Å². The smallest absolute Gasteiger partial charge is 0.273 e. The molecule has 1 aromatic carbocycles. The number of hydrogen-bond donors (Lipinski definition) is 0. The van der Waals surface area contributed by atoms with Gasteiger partial charge >= 0.3 is 0 Å². The monoisotopic (exact) mass is 457 g/mol. The molecule has 4 rings (SSSR count). The van der Waals surface area contributed by atoms with Crippen LogP contribution in [-0.2, 0) is 9.53 Å². The number of nitriles is 1. The molecule has 9 heteroatoms. The summed E-state index contributed by atoms with van der Waals surface area (Å²) in [6, 6.07) is 12.6. The second-order valence-electron chi connectivity index (χ2n) is 6.44. The molecule has 0 aliphatic carbocycles. The summed E-state index contributed by atoms with van der Waals surface area (Å²) in [5.74, 6) is -0.396. The SMILES string of the molecule is N#C/C(C(=O)N1CCOCC1)=c1/s/c(=C/c2cccs2)c(=O)n1-c1ccc(Cl)cc1. The van der Waals surface area contributed by atoms with Crippen LogP contribution in [0.3, 0.4) is 0 Å². The molecule has 0 spiro atoms. The molecule has 0 unspecified atom stereocenters. The van der Waals surface area contributed by atoms with Crippen LogP contribution in [0.2, 0.25) is 5.02 Å². The second kappa shape index (κ2) is 8.98. The number of nitrogens with zero attached hydrogens (tertiary/aromatic N) is 3. The Morgan fingerprint density at radius 1 is 1.20 bits per heavy atom. The molecular weight excluding hydrogens is 442 g/mol. The first-order chi connectivity index (χ1) is 14.6. The molecule has 0 radical (unpaired) electrons. The van der Waals surface area contributed by atoms with Crippen LogP contribution in [0.15, 0.2) is 46.6 Å². The van der Waals surface area contributed by atoms with Crippen molar-refractivity contribution in [3.05, 3.63) is 71.2 Å². The quantitative estimate of drug-likeness (QED) is 0.602. The van der Waals surface area contributed by atoms with Crippen molar-refractivity contribution in [2.24, 2.45) is 0 Å². The van der Waals surface area contributed by atoms with Crippen molar-refractivity contribution in [1.82, 2.24) is 9.47 Å². The molecule has 1 aliphatic rings. The van der Waals surface area contributed by atoms with Gasteiger partial charge in [0.25, 0.3) is 11.5 Å². The van der Waals surface area contributed by atoms with E-state index in [1.165, 1.54) is 15.9 Å². The standard InChI is InChI=1S/C21H16ClN3O3S2/c22-14-3-5-15(6-4-14)25-20(27)18(12-16-2-1-11-29-16)30-21(25)17(13-23)19(26)24-7-9-28-10-8-24/h1-6,11-12H,7-10H2/b18-12+,21-17-. The van der Waals surface area contributed by atoms with Gasteiger partial charge in [-0.3, -0.25) is 14.2 Å². The van der Waals surface area contributed by atoms with Gasteiger partial charge < -0.3 is 9.64 Å². The average molecular weight is 458 g/mol. The summed E-state index contributed by atoms with van der Waals surface area (Å²) in [5, 5.41) is 12.3. The number of morpholine rings is 1. The van der Waals surface area contributed by atoms with Gasteiger partial charge in [-0.25, -0.2) is 0 Å². The van der Waals surface area contributed by atoms with Crippen molar-refractivity contribution in [3.8, 4) is 11.8 Å². The van der Waals surface area contributed by atoms with Crippen LogP contribution < -0.4 is 14.8 Å². The molecule has 0 bridgehead atoms. The molecule has 3 aromatic rings. The Morgan fingerprint density at radius 2 is 1.93 bits per heavy atom. The Hall–Kier alpha value is -2.70. The molecule has 1 amide bonds. The molecule has 0 atom stereocenters. The first-order valence-electron chi connectivity index (χ1n) is 9.13. The van der Waals surface area contributed by atoms with Crippen LogP contribution in [-0.4, -0.2) is 41.7 Å². The van der Waals surface area contributed by atoms with Gasteiger partial charge in [0.15, 0.2) is 5.57 Å². The van der Waals surface area contributed by atoms with E-state index in [4.69, 9.17) is 16.3 Å². The summed E-state index contributed by atoms with van der Waals surface area (Å²) in [7, 11) is 0. The third-order valence-corrected chi connectivity index (χ3v) is 6.73. The van der Waals surface area contributed by atoms with Gasteiger partial charge in [0.05, 0.1) is 23.4 Å². The van der Waals surface area contributed by atoms with E-state index >= 15 is 0 Å². The normalized spacial score (nSPS) is 15.7. The number of hydrogen-bond acceptors (Lipinski definition) is 6. The van der Waals surface area contributed by atoms with Gasteiger partial charge in [0.2, 0.25) is 0 Å². The summed E-state index contributed by atoms with van der Waals surface area (Å²) in [4.78, 5) is 28.8. The predicted octanol–water partition coefficient (Wildman–Crippen LogP) is 1.98. The zero-order chi connectivity index (χ0) is 21.1. The number of benzene rings is 1. The minimum Gasteiger partial charge on any atom is -0.378 e. The maximum absolute atomic E-state index is 13.3. The van der Waals surface area contributed by atoms with Crippen LogP contribution >= 0.6 is 34.3 Å². The number of ether oxygens (including phenoxy) is 1. The first-order valence-corrected chi connectivity index (χ1v) is 11.2. The Bertz CT molecular complexity index is 1280. The zero-order valence-electron chi connectivity index (χ0n) is 15.7. The lowest BCUT2D eigenvalue weighted by Crippen LogP contribution is -2.42. The summed E-state index contributed by atoms with van der Waals surface area (Å²) >= 11 is 8.65. The third-order valence-electron chi connectivity index (χ3n) is 4.56. The predicted molar refractivity (Wildman–Crippen MR) is 118 cm³/mol. The number of rotatable bonds is 3. The molecular formula is C21H16ClN3O3S2. The minimum absolute atomic E-state index is 0.0558. The van der Waals surface area contributed by atoms with E-state index in [0.717, 1.165) is 16.2 Å². The van der Waals surface area contributed by atoms with Crippen LogP contribution in [0.25, 0.3) is 17.3 Å². The second-order valence-corrected chi connectivity index (χ2v) is 8.89. The van der Waals surface area contributed by atoms with E-state index in [1.807, 2.05) is 23.6 Å². The molecule has 1 saturated heterocycles. The number of aromatic nitrogens is 1. The molecule has 1 fully saturated rings. The summed E-state index contributed by atoms with van der Waals surface area (Å²) in [5.41, 5.74) is 0.206. The molecule has 0 N–H and O–H groups in total. The topological polar surface area (TPSA) is 75.3 Å². The zero-order valence-corrected chi connectivity index (χ0v) is 18.1. The molecule has 6 nitrogen and oxygen atoms in total. The van der Waals surface area contributed by atoms with Crippen molar-refractivity contribution in [3.63, 3.8) is 0 Å². The number of carbonyl (C=O) groups excluding carboxylic acids is 1. The van der Waals surface area contributed by atoms with E-state index < -0.39 is 5.91 Å². The fraction of sp³-hybridized carbons (Fsp3) is 0.190. The number of thiophene rings is 1. The maximum Gasteiger partial charge on any atom is 0.273 e. The third kappa shape index (κ3) is 4.11. The number of thiazole rings is 1. The maximum atomic E-state index is 13.3. The number of halogens is 1. The fourth-order valence-electron chi connectivity index (χ4n) is 3.09. The van der Waals surface area contributed by atoms with Gasteiger partial charge in [0.1, 0.15) is 10.7 Å². The van der Waals surface area contributed by atoms with Crippen LogP contribution in [0.1, 0.15) is 4.88 Å². The van der Waals surface area contributed by atoms with Crippen molar-refractivity contribution >= 4 is 51.8 Å². The van der Waals surface area contributed by atoms with E-state index in [-0.39, 0.29) is 11.1 Å². The summed E-state index contributed by atoms with van der Waals surface area (Å²) in [6.45, 7) is 1.68. The van der Waals surface area contributed by atoms with Gasteiger partial charge in [-0.15, -0.1) is 22.7 Å². The van der Waals surface area contributed by atoms with E-state index in [2.05, 4.69) is 0 Å². The minimum atomic E-state index is -0.396. The summed E-state index contributed by atoms with van der Waals surface area (Å²) in [6.07, 6.45) is 1.78. The lowest BCUT2D eigenvalue weighted by molar-refractivity contribution is -0.128. The molecule has 2 aromatic heterocycles. The van der Waals surface area contributed by atoms with Crippen LogP contribution in [0, 0.1) is 11.3 Å². The highest BCUT2D eigenvalue weighted by Crippen LogP contribution is 2.13. The van der Waals surface area contributed by atoms with Crippen LogP contribution in [0.5, 0.6) is 0 Å². The number of amides is 1. The van der Waals surface area contributed by atoms with E-state index in [9.17, 15) is 14.9 Å². The Labute approximate surface area is 185 Å². The highest BCUT2D eigenvalue weighted by Gasteiger charge is 2.24. The van der Waals surface area contributed by atoms with E-state index in [0.29, 0.717) is 46.2 Å². The van der Waals surface area contributed by atoms with Crippen molar-refractivity contribution < 1.29 is 9.53 Å². The number of carbonyl (C=O) groups is 1. The fourth-order valence-corrected chi connectivity index (χ4v) is 5.03. The first kappa shape index (κ1) is 20.6.